The Balaban J connectivity index is 2.73. The van der Waals surface area contributed by atoms with E-state index in [-0.39, 0.29) is 11.9 Å². The summed E-state index contributed by atoms with van der Waals surface area (Å²) in [5.74, 6) is -2.83. The van der Waals surface area contributed by atoms with Crippen LogP contribution in [-0.2, 0) is 19.0 Å². The highest BCUT2D eigenvalue weighted by molar-refractivity contribution is 5.91. The molecular formula is C17H21FO7. The van der Waals surface area contributed by atoms with Crippen molar-refractivity contribution in [3.05, 3.63) is 29.6 Å². The van der Waals surface area contributed by atoms with Gasteiger partial charge in [-0.15, -0.1) is 0 Å². The molecule has 1 aromatic rings. The SMILES string of the molecule is CCC(CC)OC(=O)C(C)OC(=O)c1ccc(OC(=O)OC)cc1F. The number of hydrogen-bond donors (Lipinski definition) is 0. The molecule has 0 aliphatic heterocycles. The molecular weight excluding hydrogens is 335 g/mol. The van der Waals surface area contributed by atoms with Crippen LogP contribution in [0.3, 0.4) is 0 Å². The van der Waals surface area contributed by atoms with Gasteiger partial charge in [0.15, 0.2) is 6.10 Å². The number of benzene rings is 1. The van der Waals surface area contributed by atoms with Gasteiger partial charge in [-0.05, 0) is 31.9 Å². The van der Waals surface area contributed by atoms with E-state index in [2.05, 4.69) is 9.47 Å². The molecule has 0 N–H and O–H groups in total. The average molecular weight is 356 g/mol. The molecule has 0 heterocycles. The van der Waals surface area contributed by atoms with Crippen LogP contribution in [0, 0.1) is 5.82 Å². The standard InChI is InChI=1S/C17H21FO7/c1-5-11(6-2)24-15(19)10(3)23-16(20)13-8-7-12(9-14(13)18)25-17(21)22-4/h7-11H,5-6H2,1-4H3. The van der Waals surface area contributed by atoms with E-state index in [9.17, 15) is 18.8 Å². The molecule has 0 aromatic heterocycles. The molecule has 0 saturated heterocycles. The van der Waals surface area contributed by atoms with Gasteiger partial charge in [0.1, 0.15) is 17.7 Å². The van der Waals surface area contributed by atoms with E-state index in [1.807, 2.05) is 13.8 Å². The summed E-state index contributed by atoms with van der Waals surface area (Å²) in [5, 5.41) is 0. The third-order valence-electron chi connectivity index (χ3n) is 3.34. The number of carbonyl (C=O) groups is 3. The van der Waals surface area contributed by atoms with Gasteiger partial charge in [0, 0.05) is 6.07 Å². The zero-order valence-corrected chi connectivity index (χ0v) is 14.5. The third kappa shape index (κ3) is 6.06. The summed E-state index contributed by atoms with van der Waals surface area (Å²) in [5.41, 5.74) is -0.403. The fourth-order valence-electron chi connectivity index (χ4n) is 1.85. The molecule has 138 valence electrons. The van der Waals surface area contributed by atoms with Crippen LogP contribution in [0.25, 0.3) is 0 Å². The largest absolute Gasteiger partial charge is 0.513 e. The van der Waals surface area contributed by atoms with Crippen LogP contribution in [0.4, 0.5) is 9.18 Å². The average Bonchev–Trinajstić information content (AvgIpc) is 2.59. The summed E-state index contributed by atoms with van der Waals surface area (Å²) in [7, 11) is 1.10. The van der Waals surface area contributed by atoms with Crippen molar-refractivity contribution in [2.24, 2.45) is 0 Å². The first-order chi connectivity index (χ1) is 11.8. The van der Waals surface area contributed by atoms with Crippen LogP contribution in [0.5, 0.6) is 5.75 Å². The first kappa shape index (κ1) is 20.4. The highest BCUT2D eigenvalue weighted by atomic mass is 19.1. The molecule has 0 amide bonds. The summed E-state index contributed by atoms with van der Waals surface area (Å²) < 4.78 is 33.0. The van der Waals surface area contributed by atoms with Crippen molar-refractivity contribution >= 4 is 18.1 Å². The molecule has 0 aliphatic rings. The Morgan fingerprint density at radius 1 is 1.12 bits per heavy atom. The van der Waals surface area contributed by atoms with Gasteiger partial charge in [0.05, 0.1) is 12.7 Å². The van der Waals surface area contributed by atoms with Crippen LogP contribution in [0.2, 0.25) is 0 Å². The molecule has 0 spiro atoms. The number of methoxy groups -OCH3 is 1. The van der Waals surface area contributed by atoms with Gasteiger partial charge in [-0.3, -0.25) is 0 Å². The lowest BCUT2D eigenvalue weighted by molar-refractivity contribution is -0.158. The summed E-state index contributed by atoms with van der Waals surface area (Å²) in [6.45, 7) is 5.08. The van der Waals surface area contributed by atoms with Crippen molar-refractivity contribution in [2.75, 3.05) is 7.11 Å². The first-order valence-corrected chi connectivity index (χ1v) is 7.79. The predicted molar refractivity (Wildman–Crippen MR) is 84.8 cm³/mol. The molecule has 1 aromatic carbocycles. The van der Waals surface area contributed by atoms with Gasteiger partial charge in [0.2, 0.25) is 0 Å². The van der Waals surface area contributed by atoms with E-state index < -0.39 is 35.6 Å². The summed E-state index contributed by atoms with van der Waals surface area (Å²) >= 11 is 0. The minimum atomic E-state index is -1.18. The number of halogens is 1. The van der Waals surface area contributed by atoms with Crippen molar-refractivity contribution in [2.45, 2.75) is 45.8 Å². The Hall–Kier alpha value is -2.64. The maximum atomic E-state index is 14.0. The molecule has 0 saturated carbocycles. The smallest absolute Gasteiger partial charge is 0.460 e. The zero-order valence-electron chi connectivity index (χ0n) is 14.5. The van der Waals surface area contributed by atoms with Crippen molar-refractivity contribution in [1.29, 1.82) is 0 Å². The number of carbonyl (C=O) groups excluding carboxylic acids is 3. The van der Waals surface area contributed by atoms with Gasteiger partial charge in [-0.2, -0.15) is 0 Å². The molecule has 1 unspecified atom stereocenters. The van der Waals surface area contributed by atoms with Crippen molar-refractivity contribution in [3.8, 4) is 5.75 Å². The lowest BCUT2D eigenvalue weighted by Crippen LogP contribution is -2.30. The van der Waals surface area contributed by atoms with Crippen LogP contribution in [0.1, 0.15) is 44.0 Å². The number of esters is 2. The van der Waals surface area contributed by atoms with Gasteiger partial charge >= 0.3 is 18.1 Å². The summed E-state index contributed by atoms with van der Waals surface area (Å²) in [4.78, 5) is 34.8. The normalized spacial score (nSPS) is 11.6. The summed E-state index contributed by atoms with van der Waals surface area (Å²) in [6, 6.07) is 3.11. The maximum absolute atomic E-state index is 14.0. The van der Waals surface area contributed by atoms with Crippen LogP contribution in [0.15, 0.2) is 18.2 Å². The number of ether oxygens (including phenoxy) is 4. The van der Waals surface area contributed by atoms with Gasteiger partial charge in [0.25, 0.3) is 0 Å². The molecule has 25 heavy (non-hydrogen) atoms. The quantitative estimate of drug-likeness (QED) is 0.421. The number of rotatable bonds is 7. The molecule has 0 aliphatic carbocycles. The fraction of sp³-hybridized carbons (Fsp3) is 0.471. The van der Waals surface area contributed by atoms with Gasteiger partial charge < -0.3 is 18.9 Å². The molecule has 0 bridgehead atoms. The molecule has 8 heteroatoms. The molecule has 0 fully saturated rings. The Labute approximate surface area is 145 Å². The van der Waals surface area contributed by atoms with E-state index in [0.29, 0.717) is 12.8 Å². The maximum Gasteiger partial charge on any atom is 0.513 e. The molecule has 0 radical (unpaired) electrons. The lowest BCUT2D eigenvalue weighted by atomic mass is 10.2. The van der Waals surface area contributed by atoms with E-state index in [0.717, 1.165) is 19.2 Å². The van der Waals surface area contributed by atoms with Gasteiger partial charge in [-0.25, -0.2) is 18.8 Å². The third-order valence-corrected chi connectivity index (χ3v) is 3.34. The first-order valence-electron chi connectivity index (χ1n) is 7.79. The van der Waals surface area contributed by atoms with E-state index in [1.165, 1.54) is 13.0 Å². The second-order valence-corrected chi connectivity index (χ2v) is 5.12. The molecule has 7 nitrogen and oxygen atoms in total. The second-order valence-electron chi connectivity index (χ2n) is 5.12. The predicted octanol–water partition coefficient (Wildman–Crippen LogP) is 3.25. The van der Waals surface area contributed by atoms with Crippen LogP contribution in [-0.4, -0.2) is 37.4 Å². The minimum absolute atomic E-state index is 0.137. The minimum Gasteiger partial charge on any atom is -0.460 e. The Kier molecular flexibility index (Phi) is 7.84. The molecule has 1 rings (SSSR count). The lowest BCUT2D eigenvalue weighted by Gasteiger charge is -2.18. The fourth-order valence-corrected chi connectivity index (χ4v) is 1.85. The van der Waals surface area contributed by atoms with Crippen LogP contribution < -0.4 is 4.74 Å². The van der Waals surface area contributed by atoms with Crippen molar-refractivity contribution in [1.82, 2.24) is 0 Å². The highest BCUT2D eigenvalue weighted by Gasteiger charge is 2.24. The monoisotopic (exact) mass is 356 g/mol. The Morgan fingerprint density at radius 3 is 2.28 bits per heavy atom. The van der Waals surface area contributed by atoms with E-state index >= 15 is 0 Å². The van der Waals surface area contributed by atoms with Crippen molar-refractivity contribution in [3.63, 3.8) is 0 Å². The summed E-state index contributed by atoms with van der Waals surface area (Å²) in [6.07, 6.45) is -1.19. The second kappa shape index (κ2) is 9.61. The van der Waals surface area contributed by atoms with Crippen molar-refractivity contribution < 1.29 is 37.7 Å². The Morgan fingerprint density at radius 2 is 1.76 bits per heavy atom. The Bertz CT molecular complexity index is 625. The molecule has 1 atom stereocenters. The van der Waals surface area contributed by atoms with E-state index in [1.54, 1.807) is 0 Å². The van der Waals surface area contributed by atoms with Gasteiger partial charge in [-0.1, -0.05) is 13.8 Å². The van der Waals surface area contributed by atoms with Crippen LogP contribution >= 0.6 is 0 Å². The van der Waals surface area contributed by atoms with E-state index in [4.69, 9.17) is 9.47 Å². The zero-order chi connectivity index (χ0) is 19.0. The highest BCUT2D eigenvalue weighted by Crippen LogP contribution is 2.19. The number of hydrogen-bond acceptors (Lipinski definition) is 7. The topological polar surface area (TPSA) is 88.1 Å².